The van der Waals surface area contributed by atoms with E-state index in [2.05, 4.69) is 15.2 Å². The van der Waals surface area contributed by atoms with Crippen LogP contribution in [-0.2, 0) is 22.3 Å². The lowest BCUT2D eigenvalue weighted by molar-refractivity contribution is -0.137. The average Bonchev–Trinajstić information content (AvgIpc) is 2.72. The van der Waals surface area contributed by atoms with Gasteiger partial charge in [0.15, 0.2) is 5.96 Å². The molecule has 6 nitrogen and oxygen atoms in total. The number of fused-ring (bicyclic) bond motifs is 1. The van der Waals surface area contributed by atoms with E-state index in [9.17, 15) is 18.0 Å². The zero-order chi connectivity index (χ0) is 21.7. The summed E-state index contributed by atoms with van der Waals surface area (Å²) in [6.45, 7) is 2.47. The van der Waals surface area contributed by atoms with Gasteiger partial charge in [-0.1, -0.05) is 12.1 Å². The Balaban J connectivity index is 0.00000341. The highest BCUT2D eigenvalue weighted by Crippen LogP contribution is 2.30. The Labute approximate surface area is 198 Å². The lowest BCUT2D eigenvalue weighted by Crippen LogP contribution is -2.53. The van der Waals surface area contributed by atoms with Gasteiger partial charge in [0.2, 0.25) is 5.91 Å². The molecule has 2 aliphatic heterocycles. The SMILES string of the molecule is CN(C)C(=O)CNC(=NCc1cccc(C(F)(F)F)c1)N1CCC2OCCCC2C1.I. The minimum Gasteiger partial charge on any atom is -0.378 e. The molecule has 0 saturated carbocycles. The molecule has 1 amide bonds. The Morgan fingerprint density at radius 2 is 2.10 bits per heavy atom. The Kier molecular flexibility index (Phi) is 9.41. The van der Waals surface area contributed by atoms with Crippen LogP contribution in [0.15, 0.2) is 29.3 Å². The molecule has 1 aromatic carbocycles. The number of carbonyl (C=O) groups excluding carboxylic acids is 1. The van der Waals surface area contributed by atoms with Gasteiger partial charge in [-0.2, -0.15) is 13.2 Å². The highest BCUT2D eigenvalue weighted by Gasteiger charge is 2.33. The molecule has 31 heavy (non-hydrogen) atoms. The summed E-state index contributed by atoms with van der Waals surface area (Å²) in [5, 5.41) is 3.10. The minimum absolute atomic E-state index is 0. The number of benzene rings is 1. The molecular formula is C21H30F3IN4O2. The second-order valence-electron chi connectivity index (χ2n) is 8.03. The van der Waals surface area contributed by atoms with E-state index in [0.29, 0.717) is 17.4 Å². The van der Waals surface area contributed by atoms with Crippen molar-refractivity contribution in [3.05, 3.63) is 35.4 Å². The molecule has 2 saturated heterocycles. The molecule has 10 heteroatoms. The largest absolute Gasteiger partial charge is 0.416 e. The maximum Gasteiger partial charge on any atom is 0.416 e. The number of nitrogens with one attached hydrogen (secondary N) is 1. The van der Waals surface area contributed by atoms with E-state index < -0.39 is 11.7 Å². The molecule has 2 atom stereocenters. The maximum atomic E-state index is 13.0. The van der Waals surface area contributed by atoms with Gasteiger partial charge in [0, 0.05) is 39.7 Å². The number of guanidine groups is 1. The van der Waals surface area contributed by atoms with Crippen molar-refractivity contribution >= 4 is 35.8 Å². The number of alkyl halides is 3. The Bertz CT molecular complexity index is 773. The van der Waals surface area contributed by atoms with Crippen LogP contribution in [0.5, 0.6) is 0 Å². The molecule has 2 heterocycles. The smallest absolute Gasteiger partial charge is 0.378 e. The van der Waals surface area contributed by atoms with Gasteiger partial charge in [0.05, 0.1) is 24.8 Å². The number of rotatable bonds is 4. The number of carbonyl (C=O) groups is 1. The minimum atomic E-state index is -4.39. The summed E-state index contributed by atoms with van der Waals surface area (Å²) < 4.78 is 44.8. The molecular weight excluding hydrogens is 524 g/mol. The van der Waals surface area contributed by atoms with Crippen LogP contribution in [-0.4, -0.2) is 68.1 Å². The molecule has 2 fully saturated rings. The van der Waals surface area contributed by atoms with Gasteiger partial charge in [0.1, 0.15) is 0 Å². The van der Waals surface area contributed by atoms with Crippen molar-refractivity contribution in [1.29, 1.82) is 0 Å². The molecule has 174 valence electrons. The van der Waals surface area contributed by atoms with Crippen LogP contribution in [0.25, 0.3) is 0 Å². The zero-order valence-corrected chi connectivity index (χ0v) is 20.2. The first-order chi connectivity index (χ1) is 14.2. The predicted octanol–water partition coefficient (Wildman–Crippen LogP) is 3.36. The van der Waals surface area contributed by atoms with Gasteiger partial charge >= 0.3 is 6.18 Å². The van der Waals surface area contributed by atoms with Crippen LogP contribution < -0.4 is 5.32 Å². The number of ether oxygens (including phenoxy) is 1. The van der Waals surface area contributed by atoms with E-state index in [1.165, 1.54) is 11.0 Å². The van der Waals surface area contributed by atoms with E-state index in [-0.39, 0.29) is 49.1 Å². The van der Waals surface area contributed by atoms with Crippen molar-refractivity contribution in [2.24, 2.45) is 10.9 Å². The van der Waals surface area contributed by atoms with Gasteiger partial charge in [0.25, 0.3) is 0 Å². The number of likely N-dealkylation sites (tertiary alicyclic amines) is 1. The third-order valence-electron chi connectivity index (χ3n) is 5.58. The van der Waals surface area contributed by atoms with Crippen LogP contribution in [0.4, 0.5) is 13.2 Å². The van der Waals surface area contributed by atoms with E-state index in [0.717, 1.165) is 51.1 Å². The summed E-state index contributed by atoms with van der Waals surface area (Å²) in [7, 11) is 3.35. The topological polar surface area (TPSA) is 57.2 Å². The summed E-state index contributed by atoms with van der Waals surface area (Å²) in [6.07, 6.45) is -1.15. The summed E-state index contributed by atoms with van der Waals surface area (Å²) >= 11 is 0. The van der Waals surface area contributed by atoms with Crippen molar-refractivity contribution in [1.82, 2.24) is 15.1 Å². The van der Waals surface area contributed by atoms with Crippen LogP contribution in [0.3, 0.4) is 0 Å². The molecule has 0 spiro atoms. The van der Waals surface area contributed by atoms with Crippen molar-refractivity contribution < 1.29 is 22.7 Å². The first-order valence-electron chi connectivity index (χ1n) is 10.2. The molecule has 1 N–H and O–H groups in total. The summed E-state index contributed by atoms with van der Waals surface area (Å²) in [5.74, 6) is 0.849. The van der Waals surface area contributed by atoms with Crippen LogP contribution in [0, 0.1) is 5.92 Å². The van der Waals surface area contributed by atoms with E-state index >= 15 is 0 Å². The van der Waals surface area contributed by atoms with Crippen molar-refractivity contribution in [2.75, 3.05) is 40.3 Å². The Morgan fingerprint density at radius 3 is 2.81 bits per heavy atom. The van der Waals surface area contributed by atoms with Gasteiger partial charge in [-0.05, 0) is 37.0 Å². The number of amides is 1. The fourth-order valence-electron chi connectivity index (χ4n) is 3.87. The van der Waals surface area contributed by atoms with Crippen LogP contribution >= 0.6 is 24.0 Å². The highest BCUT2D eigenvalue weighted by molar-refractivity contribution is 14.0. The zero-order valence-electron chi connectivity index (χ0n) is 17.8. The monoisotopic (exact) mass is 554 g/mol. The van der Waals surface area contributed by atoms with Gasteiger partial charge in [-0.15, -0.1) is 24.0 Å². The standard InChI is InChI=1S/C21H29F3N4O2.HI/c1-27(2)19(29)13-26-20(28-9-8-18-16(14-28)6-4-10-30-18)25-12-15-5-3-7-17(11-15)21(22,23)24;/h3,5,7,11,16,18H,4,6,8-10,12-14H2,1-2H3,(H,25,26);1H. The molecule has 2 aliphatic rings. The summed E-state index contributed by atoms with van der Waals surface area (Å²) in [6, 6.07) is 5.19. The maximum absolute atomic E-state index is 13.0. The lowest BCUT2D eigenvalue weighted by Gasteiger charge is -2.42. The Morgan fingerprint density at radius 1 is 1.32 bits per heavy atom. The third-order valence-corrected chi connectivity index (χ3v) is 5.58. The number of nitrogens with zero attached hydrogens (tertiary/aromatic N) is 3. The van der Waals surface area contributed by atoms with Crippen molar-refractivity contribution in [3.8, 4) is 0 Å². The van der Waals surface area contributed by atoms with Gasteiger partial charge in [-0.3, -0.25) is 4.79 Å². The number of piperidine rings is 1. The first-order valence-corrected chi connectivity index (χ1v) is 10.2. The second kappa shape index (κ2) is 11.3. The molecule has 3 rings (SSSR count). The summed E-state index contributed by atoms with van der Waals surface area (Å²) in [5.41, 5.74) is -0.216. The highest BCUT2D eigenvalue weighted by atomic mass is 127. The molecule has 0 radical (unpaired) electrons. The molecule has 1 aromatic rings. The van der Waals surface area contributed by atoms with Gasteiger partial charge < -0.3 is 19.9 Å². The number of hydrogen-bond donors (Lipinski definition) is 1. The van der Waals surface area contributed by atoms with E-state index in [4.69, 9.17) is 4.74 Å². The average molecular weight is 554 g/mol. The van der Waals surface area contributed by atoms with Crippen molar-refractivity contribution in [2.45, 2.75) is 38.1 Å². The number of hydrogen-bond acceptors (Lipinski definition) is 3. The van der Waals surface area contributed by atoms with Gasteiger partial charge in [-0.25, -0.2) is 4.99 Å². The Hall–Kier alpha value is -1.56. The fraction of sp³-hybridized carbons (Fsp3) is 0.619. The normalized spacial score (nSPS) is 21.7. The number of aliphatic imine (C=N–C) groups is 1. The fourth-order valence-corrected chi connectivity index (χ4v) is 3.87. The van der Waals surface area contributed by atoms with Crippen LogP contribution in [0.2, 0.25) is 0 Å². The quantitative estimate of drug-likeness (QED) is 0.353. The van der Waals surface area contributed by atoms with Crippen LogP contribution in [0.1, 0.15) is 30.4 Å². The predicted molar refractivity (Wildman–Crippen MR) is 123 cm³/mol. The first kappa shape index (κ1) is 25.7. The summed E-state index contributed by atoms with van der Waals surface area (Å²) in [4.78, 5) is 20.2. The molecule has 0 aromatic heterocycles. The van der Waals surface area contributed by atoms with E-state index in [1.54, 1.807) is 20.2 Å². The lowest BCUT2D eigenvalue weighted by atomic mass is 9.88. The number of halogens is 4. The molecule has 0 aliphatic carbocycles. The van der Waals surface area contributed by atoms with Crippen molar-refractivity contribution in [3.63, 3.8) is 0 Å². The molecule has 2 unspecified atom stereocenters. The molecule has 0 bridgehead atoms. The van der Waals surface area contributed by atoms with E-state index in [1.807, 2.05) is 0 Å². The second-order valence-corrected chi connectivity index (χ2v) is 8.03. The third kappa shape index (κ3) is 7.23. The number of likely N-dealkylation sites (N-methyl/N-ethyl adjacent to an activating group) is 1.